The number of aliphatic hydroxyl groups is 1. The van der Waals surface area contributed by atoms with Crippen molar-refractivity contribution in [2.24, 2.45) is 0 Å². The van der Waals surface area contributed by atoms with Crippen molar-refractivity contribution in [3.05, 3.63) is 106 Å². The van der Waals surface area contributed by atoms with E-state index in [1.165, 1.54) is 0 Å². The molecule has 0 aromatic heterocycles. The van der Waals surface area contributed by atoms with E-state index in [2.05, 4.69) is 18.7 Å². The number of aliphatic hydroxyl groups excluding tert-OH is 1. The number of ketones is 1. The van der Waals surface area contributed by atoms with E-state index < -0.39 is 17.7 Å². The molecule has 1 aliphatic rings. The average molecular weight is 513 g/mol. The van der Waals surface area contributed by atoms with E-state index in [9.17, 15) is 14.7 Å². The summed E-state index contributed by atoms with van der Waals surface area (Å²) in [6.45, 7) is 11.4. The van der Waals surface area contributed by atoms with Gasteiger partial charge in [-0.25, -0.2) is 0 Å². The molecule has 1 atom stereocenters. The summed E-state index contributed by atoms with van der Waals surface area (Å²) in [4.78, 5) is 30.3. The Hall–Kier alpha value is -3.90. The maximum absolute atomic E-state index is 13.3. The van der Waals surface area contributed by atoms with Crippen LogP contribution >= 0.6 is 0 Å². The monoisotopic (exact) mass is 512 g/mol. The van der Waals surface area contributed by atoms with Crippen molar-refractivity contribution in [1.29, 1.82) is 0 Å². The van der Waals surface area contributed by atoms with Crippen LogP contribution in [0.1, 0.15) is 47.7 Å². The highest BCUT2D eigenvalue weighted by molar-refractivity contribution is 6.46. The summed E-state index contributed by atoms with van der Waals surface area (Å²) < 4.78 is 5.93. The summed E-state index contributed by atoms with van der Waals surface area (Å²) >= 11 is 0. The molecule has 0 radical (unpaired) electrons. The van der Waals surface area contributed by atoms with E-state index >= 15 is 0 Å². The molecule has 1 heterocycles. The minimum absolute atomic E-state index is 0.118. The van der Waals surface area contributed by atoms with Gasteiger partial charge in [-0.15, -0.1) is 0 Å². The summed E-state index contributed by atoms with van der Waals surface area (Å²) in [6, 6.07) is 22.1. The predicted octanol–water partition coefficient (Wildman–Crippen LogP) is 5.65. The lowest BCUT2D eigenvalue weighted by Gasteiger charge is -2.28. The number of aryl methyl sites for hydroxylation is 2. The lowest BCUT2D eigenvalue weighted by Crippen LogP contribution is -2.38. The zero-order valence-corrected chi connectivity index (χ0v) is 22.6. The van der Waals surface area contributed by atoms with Gasteiger partial charge in [0.2, 0.25) is 0 Å². The maximum Gasteiger partial charge on any atom is 0.295 e. The van der Waals surface area contributed by atoms with Gasteiger partial charge in [0.05, 0.1) is 11.6 Å². The number of ether oxygens (including phenoxy) is 1. The molecule has 1 N–H and O–H groups in total. The molecule has 198 valence electrons. The van der Waals surface area contributed by atoms with Crippen LogP contribution in [-0.2, 0) is 16.2 Å². The highest BCUT2D eigenvalue weighted by atomic mass is 16.5. The van der Waals surface area contributed by atoms with Crippen molar-refractivity contribution < 1.29 is 19.4 Å². The molecule has 4 rings (SSSR count). The van der Waals surface area contributed by atoms with Gasteiger partial charge in [0.15, 0.2) is 0 Å². The molecule has 1 unspecified atom stereocenters. The molecule has 6 nitrogen and oxygen atoms in total. The zero-order valence-electron chi connectivity index (χ0n) is 22.6. The number of amides is 1. The summed E-state index contributed by atoms with van der Waals surface area (Å²) in [6.07, 6.45) is 0. The molecule has 38 heavy (non-hydrogen) atoms. The minimum Gasteiger partial charge on any atom is -0.507 e. The minimum atomic E-state index is -0.660. The molecule has 1 saturated heterocycles. The van der Waals surface area contributed by atoms with Gasteiger partial charge in [-0.05, 0) is 67.9 Å². The maximum atomic E-state index is 13.3. The zero-order chi connectivity index (χ0) is 27.2. The Morgan fingerprint density at radius 1 is 0.921 bits per heavy atom. The standard InChI is InChI=1S/C32H36N2O4/c1-5-33(6-2)19-20-34-29(24-13-11-22(3)12-14-24)28(31(36)32(34)37)30(35)25-15-17-27(18-16-25)38-21-26-10-8-7-9-23(26)4/h7-18,29,35H,5-6,19-21H2,1-4H3/b30-28+. The second-order valence-electron chi connectivity index (χ2n) is 9.67. The molecule has 6 heteroatoms. The Balaban J connectivity index is 1.64. The van der Waals surface area contributed by atoms with E-state index in [1.54, 1.807) is 29.2 Å². The predicted molar refractivity (Wildman–Crippen MR) is 150 cm³/mol. The molecule has 0 spiro atoms. The molecule has 0 saturated carbocycles. The van der Waals surface area contributed by atoms with Crippen LogP contribution in [0, 0.1) is 13.8 Å². The van der Waals surface area contributed by atoms with Crippen molar-refractivity contribution >= 4 is 17.4 Å². The topological polar surface area (TPSA) is 70.1 Å². The van der Waals surface area contributed by atoms with Crippen molar-refractivity contribution in [2.45, 2.75) is 40.3 Å². The number of hydrogen-bond donors (Lipinski definition) is 1. The fourth-order valence-electron chi connectivity index (χ4n) is 4.79. The summed E-state index contributed by atoms with van der Waals surface area (Å²) in [5, 5.41) is 11.3. The van der Waals surface area contributed by atoms with Crippen molar-refractivity contribution in [2.75, 3.05) is 26.2 Å². The number of carbonyl (C=O) groups excluding carboxylic acids is 2. The third-order valence-corrected chi connectivity index (χ3v) is 7.27. The Morgan fingerprint density at radius 3 is 2.21 bits per heavy atom. The Labute approximate surface area is 225 Å². The average Bonchev–Trinajstić information content (AvgIpc) is 3.18. The molecular formula is C32H36N2O4. The van der Waals surface area contributed by atoms with Gasteiger partial charge in [0.1, 0.15) is 18.1 Å². The normalized spacial score (nSPS) is 16.9. The van der Waals surface area contributed by atoms with Gasteiger partial charge >= 0.3 is 0 Å². The van der Waals surface area contributed by atoms with Crippen molar-refractivity contribution in [1.82, 2.24) is 9.80 Å². The number of likely N-dealkylation sites (tertiary alicyclic amines) is 1. The van der Waals surface area contributed by atoms with E-state index in [-0.39, 0.29) is 11.3 Å². The number of likely N-dealkylation sites (N-methyl/N-ethyl adjacent to an activating group) is 1. The van der Waals surface area contributed by atoms with E-state index in [0.29, 0.717) is 31.0 Å². The number of nitrogens with zero attached hydrogens (tertiary/aromatic N) is 2. The number of Topliss-reactive ketones (excluding diaryl/α,β-unsaturated/α-hetero) is 1. The second-order valence-corrected chi connectivity index (χ2v) is 9.67. The summed E-state index contributed by atoms with van der Waals surface area (Å²) in [5.74, 6) is -0.765. The van der Waals surface area contributed by atoms with Crippen LogP contribution in [-0.4, -0.2) is 52.8 Å². The van der Waals surface area contributed by atoms with Crippen LogP contribution in [0.5, 0.6) is 5.75 Å². The second kappa shape index (κ2) is 12.1. The third-order valence-electron chi connectivity index (χ3n) is 7.27. The molecule has 1 amide bonds. The van der Waals surface area contributed by atoms with Crippen LogP contribution in [0.4, 0.5) is 0 Å². The number of benzene rings is 3. The SMILES string of the molecule is CCN(CC)CCN1C(=O)C(=O)/C(=C(/O)c2ccc(OCc3ccccc3C)cc2)C1c1ccc(C)cc1. The number of hydrogen-bond acceptors (Lipinski definition) is 5. The van der Waals surface area contributed by atoms with Gasteiger partial charge in [-0.3, -0.25) is 9.59 Å². The van der Waals surface area contributed by atoms with Gasteiger partial charge in [0, 0.05) is 18.7 Å². The summed E-state index contributed by atoms with van der Waals surface area (Å²) in [5.41, 5.74) is 4.72. The smallest absolute Gasteiger partial charge is 0.295 e. The quantitative estimate of drug-likeness (QED) is 0.216. The van der Waals surface area contributed by atoms with Crippen LogP contribution < -0.4 is 4.74 Å². The molecule has 1 aliphatic heterocycles. The Bertz CT molecular complexity index is 1310. The van der Waals surface area contributed by atoms with Crippen molar-refractivity contribution in [3.8, 4) is 5.75 Å². The number of rotatable bonds is 10. The molecule has 0 aliphatic carbocycles. The lowest BCUT2D eigenvalue weighted by molar-refractivity contribution is -0.140. The Kier molecular flexibility index (Phi) is 8.64. The largest absolute Gasteiger partial charge is 0.507 e. The molecule has 3 aromatic carbocycles. The molecule has 3 aromatic rings. The van der Waals surface area contributed by atoms with E-state index in [1.807, 2.05) is 62.4 Å². The molecule has 0 bridgehead atoms. The number of carbonyl (C=O) groups is 2. The van der Waals surface area contributed by atoms with E-state index in [0.717, 1.165) is 35.3 Å². The van der Waals surface area contributed by atoms with Crippen LogP contribution in [0.3, 0.4) is 0 Å². The van der Waals surface area contributed by atoms with E-state index in [4.69, 9.17) is 4.74 Å². The Morgan fingerprint density at radius 2 is 1.58 bits per heavy atom. The van der Waals surface area contributed by atoms with Crippen LogP contribution in [0.2, 0.25) is 0 Å². The van der Waals surface area contributed by atoms with Gasteiger partial charge < -0.3 is 19.6 Å². The van der Waals surface area contributed by atoms with Gasteiger partial charge in [0.25, 0.3) is 11.7 Å². The van der Waals surface area contributed by atoms with Crippen LogP contribution in [0.15, 0.2) is 78.4 Å². The lowest BCUT2D eigenvalue weighted by atomic mass is 9.94. The first-order valence-electron chi connectivity index (χ1n) is 13.2. The first-order valence-corrected chi connectivity index (χ1v) is 13.2. The summed E-state index contributed by atoms with van der Waals surface area (Å²) in [7, 11) is 0. The molecule has 1 fully saturated rings. The first kappa shape index (κ1) is 27.1. The highest BCUT2D eigenvalue weighted by Gasteiger charge is 2.45. The van der Waals surface area contributed by atoms with Crippen molar-refractivity contribution in [3.63, 3.8) is 0 Å². The van der Waals surface area contributed by atoms with Crippen LogP contribution in [0.25, 0.3) is 5.76 Å². The van der Waals surface area contributed by atoms with Gasteiger partial charge in [-0.1, -0.05) is 67.9 Å². The first-order chi connectivity index (χ1) is 18.3. The fourth-order valence-corrected chi connectivity index (χ4v) is 4.79. The van der Waals surface area contributed by atoms with Gasteiger partial charge in [-0.2, -0.15) is 0 Å². The highest BCUT2D eigenvalue weighted by Crippen LogP contribution is 2.39. The molecular weight excluding hydrogens is 476 g/mol. The fraction of sp³-hybridized carbons (Fsp3) is 0.312. The third kappa shape index (κ3) is 5.81.